The van der Waals surface area contributed by atoms with E-state index in [-0.39, 0.29) is 6.61 Å². The fourth-order valence-corrected chi connectivity index (χ4v) is 0.962. The lowest BCUT2D eigenvalue weighted by Gasteiger charge is -2.03. The minimum atomic E-state index is 0.119. The van der Waals surface area contributed by atoms with E-state index >= 15 is 0 Å². The molecule has 0 spiro atoms. The Morgan fingerprint density at radius 2 is 1.85 bits per heavy atom. The van der Waals surface area contributed by atoms with Gasteiger partial charge in [-0.3, -0.25) is 0 Å². The molecule has 1 aromatic rings. The average molecular weight is 182 g/mol. The molecule has 5 N–H and O–H groups in total. The molecule has 0 radical (unpaired) electrons. The van der Waals surface area contributed by atoms with Crippen molar-refractivity contribution in [3.05, 3.63) is 23.8 Å². The summed E-state index contributed by atoms with van der Waals surface area (Å²) in [6.07, 6.45) is 0.589. The number of nitrogens with two attached hydrogens (primary N) is 2. The minimum absolute atomic E-state index is 0.119. The maximum absolute atomic E-state index is 8.63. The summed E-state index contributed by atoms with van der Waals surface area (Å²) >= 11 is 0. The number of hydrogen-bond acceptors (Lipinski definition) is 3. The van der Waals surface area contributed by atoms with Crippen LogP contribution in [0.2, 0.25) is 0 Å². The van der Waals surface area contributed by atoms with Crippen molar-refractivity contribution in [2.24, 2.45) is 0 Å². The van der Waals surface area contributed by atoms with E-state index in [1.54, 1.807) is 12.1 Å². The first kappa shape index (κ1) is 11.8. The lowest BCUT2D eigenvalue weighted by molar-refractivity contribution is 0.300. The van der Waals surface area contributed by atoms with Crippen LogP contribution in [0.15, 0.2) is 18.2 Å². The van der Waals surface area contributed by atoms with Crippen molar-refractivity contribution in [2.45, 2.75) is 20.3 Å². The largest absolute Gasteiger partial charge is 0.399 e. The summed E-state index contributed by atoms with van der Waals surface area (Å²) in [5.74, 6) is 0. The summed E-state index contributed by atoms with van der Waals surface area (Å²) in [5, 5.41) is 8.63. The van der Waals surface area contributed by atoms with E-state index in [9.17, 15) is 0 Å². The molecule has 0 saturated heterocycles. The normalized spacial score (nSPS) is 8.85. The van der Waals surface area contributed by atoms with E-state index in [1.807, 2.05) is 19.9 Å². The van der Waals surface area contributed by atoms with E-state index in [2.05, 4.69) is 0 Å². The maximum Gasteiger partial charge on any atom is 0.0472 e. The Morgan fingerprint density at radius 3 is 2.31 bits per heavy atom. The van der Waals surface area contributed by atoms with Gasteiger partial charge in [0.1, 0.15) is 0 Å². The zero-order valence-electron chi connectivity index (χ0n) is 8.25. The summed E-state index contributed by atoms with van der Waals surface area (Å²) < 4.78 is 0. The van der Waals surface area contributed by atoms with Crippen molar-refractivity contribution in [1.29, 1.82) is 0 Å². The van der Waals surface area contributed by atoms with Gasteiger partial charge in [-0.1, -0.05) is 19.9 Å². The quantitative estimate of drug-likeness (QED) is 0.605. The Bertz CT molecular complexity index is 249. The van der Waals surface area contributed by atoms with Gasteiger partial charge in [0.25, 0.3) is 0 Å². The van der Waals surface area contributed by atoms with E-state index in [1.165, 1.54) is 0 Å². The second-order valence-electron chi connectivity index (χ2n) is 2.43. The highest BCUT2D eigenvalue weighted by atomic mass is 16.2. The summed E-state index contributed by atoms with van der Waals surface area (Å²) in [7, 11) is 0. The third kappa shape index (κ3) is 3.80. The standard InChI is InChI=1S/C8H12N2O.C2H6/c9-7-2-1-6(3-4-11)8(10)5-7;1-2/h1-2,5,11H,3-4,9-10H2;1-2H3. The topological polar surface area (TPSA) is 72.3 Å². The Hall–Kier alpha value is -1.22. The zero-order chi connectivity index (χ0) is 10.3. The average Bonchev–Trinajstić information content (AvgIpc) is 2.14. The fraction of sp³-hybridized carbons (Fsp3) is 0.400. The lowest BCUT2D eigenvalue weighted by Crippen LogP contribution is -1.98. The van der Waals surface area contributed by atoms with Crippen LogP contribution in [0.3, 0.4) is 0 Å². The summed E-state index contributed by atoms with van der Waals surface area (Å²) in [5.41, 5.74) is 13.4. The molecule has 0 heterocycles. The molecule has 0 atom stereocenters. The van der Waals surface area contributed by atoms with Crippen LogP contribution in [0.4, 0.5) is 11.4 Å². The molecule has 0 amide bonds. The highest BCUT2D eigenvalue weighted by Gasteiger charge is 1.97. The number of aliphatic hydroxyl groups is 1. The third-order valence-electron chi connectivity index (χ3n) is 1.55. The Kier molecular flexibility index (Phi) is 5.72. The molecule has 0 aliphatic carbocycles. The predicted octanol–water partition coefficient (Wildman–Crippen LogP) is 1.41. The van der Waals surface area contributed by atoms with Crippen molar-refractivity contribution < 1.29 is 5.11 Å². The van der Waals surface area contributed by atoms with Crippen LogP contribution in [0, 0.1) is 0 Å². The van der Waals surface area contributed by atoms with Gasteiger partial charge in [0.2, 0.25) is 0 Å². The second-order valence-corrected chi connectivity index (χ2v) is 2.43. The SMILES string of the molecule is CC.Nc1ccc(CCO)c(N)c1. The highest BCUT2D eigenvalue weighted by Crippen LogP contribution is 2.15. The van der Waals surface area contributed by atoms with Crippen LogP contribution in [-0.4, -0.2) is 11.7 Å². The minimum Gasteiger partial charge on any atom is -0.399 e. The molecule has 13 heavy (non-hydrogen) atoms. The lowest BCUT2D eigenvalue weighted by atomic mass is 10.1. The van der Waals surface area contributed by atoms with Gasteiger partial charge in [0.05, 0.1) is 0 Å². The predicted molar refractivity (Wildman–Crippen MR) is 57.4 cm³/mol. The molecular formula is C10H18N2O. The number of aliphatic hydroxyl groups excluding tert-OH is 1. The molecule has 74 valence electrons. The van der Waals surface area contributed by atoms with Gasteiger partial charge in [-0.15, -0.1) is 0 Å². The number of benzene rings is 1. The molecule has 0 unspecified atom stereocenters. The molecule has 0 aliphatic heterocycles. The van der Waals surface area contributed by atoms with E-state index < -0.39 is 0 Å². The van der Waals surface area contributed by atoms with Crippen molar-refractivity contribution in [3.63, 3.8) is 0 Å². The van der Waals surface area contributed by atoms with E-state index in [4.69, 9.17) is 16.6 Å². The first-order valence-corrected chi connectivity index (χ1v) is 4.49. The van der Waals surface area contributed by atoms with Gasteiger partial charge in [-0.05, 0) is 24.1 Å². The van der Waals surface area contributed by atoms with Crippen molar-refractivity contribution >= 4 is 11.4 Å². The molecule has 0 saturated carbocycles. The van der Waals surface area contributed by atoms with Gasteiger partial charge in [0, 0.05) is 18.0 Å². The summed E-state index contributed by atoms with van der Waals surface area (Å²) in [6.45, 7) is 4.12. The van der Waals surface area contributed by atoms with Gasteiger partial charge in [0.15, 0.2) is 0 Å². The monoisotopic (exact) mass is 182 g/mol. The van der Waals surface area contributed by atoms with Crippen LogP contribution in [0.1, 0.15) is 19.4 Å². The molecule has 0 fully saturated rings. The first-order valence-electron chi connectivity index (χ1n) is 4.49. The van der Waals surface area contributed by atoms with E-state index in [0.29, 0.717) is 17.8 Å². The van der Waals surface area contributed by atoms with E-state index in [0.717, 1.165) is 5.56 Å². The highest BCUT2D eigenvalue weighted by molar-refractivity contribution is 5.56. The second kappa shape index (κ2) is 6.31. The molecule has 3 heteroatoms. The Morgan fingerprint density at radius 1 is 1.23 bits per heavy atom. The van der Waals surface area contributed by atoms with Crippen LogP contribution in [-0.2, 0) is 6.42 Å². The summed E-state index contributed by atoms with van der Waals surface area (Å²) in [4.78, 5) is 0. The molecular weight excluding hydrogens is 164 g/mol. The van der Waals surface area contributed by atoms with Crippen LogP contribution >= 0.6 is 0 Å². The molecule has 1 rings (SSSR count). The fourth-order valence-electron chi connectivity index (χ4n) is 0.962. The molecule has 0 bridgehead atoms. The van der Waals surface area contributed by atoms with Crippen molar-refractivity contribution in [2.75, 3.05) is 18.1 Å². The first-order chi connectivity index (χ1) is 6.24. The van der Waals surface area contributed by atoms with Crippen LogP contribution in [0.25, 0.3) is 0 Å². The molecule has 1 aromatic carbocycles. The van der Waals surface area contributed by atoms with Crippen molar-refractivity contribution in [1.82, 2.24) is 0 Å². The van der Waals surface area contributed by atoms with Gasteiger partial charge < -0.3 is 16.6 Å². The molecule has 0 aromatic heterocycles. The number of hydrogen-bond donors (Lipinski definition) is 3. The number of nitrogen functional groups attached to an aromatic ring is 2. The number of rotatable bonds is 2. The van der Waals surface area contributed by atoms with Gasteiger partial charge in [-0.2, -0.15) is 0 Å². The summed E-state index contributed by atoms with van der Waals surface area (Å²) in [6, 6.07) is 5.31. The smallest absolute Gasteiger partial charge is 0.0472 e. The Labute approximate surface area is 79.4 Å². The van der Waals surface area contributed by atoms with Crippen LogP contribution in [0.5, 0.6) is 0 Å². The zero-order valence-corrected chi connectivity index (χ0v) is 8.25. The third-order valence-corrected chi connectivity index (χ3v) is 1.55. The maximum atomic E-state index is 8.63. The van der Waals surface area contributed by atoms with Crippen LogP contribution < -0.4 is 11.5 Å². The molecule has 0 aliphatic rings. The molecule has 3 nitrogen and oxygen atoms in total. The van der Waals surface area contributed by atoms with Gasteiger partial charge in [-0.25, -0.2) is 0 Å². The Balaban J connectivity index is 0.000000671. The van der Waals surface area contributed by atoms with Crippen molar-refractivity contribution in [3.8, 4) is 0 Å². The van der Waals surface area contributed by atoms with Gasteiger partial charge >= 0.3 is 0 Å². The number of anilines is 2.